The van der Waals surface area contributed by atoms with Gasteiger partial charge in [0.25, 0.3) is 0 Å². The van der Waals surface area contributed by atoms with Gasteiger partial charge in [0.15, 0.2) is 0 Å². The molecule has 4 nitrogen and oxygen atoms in total. The van der Waals surface area contributed by atoms with Crippen LogP contribution in [-0.2, 0) is 11.9 Å². The van der Waals surface area contributed by atoms with Crippen LogP contribution in [0.25, 0.3) is 0 Å². The molecule has 72 valence electrons. The Hall–Kier alpha value is -1.23. The molecular formula is C9H9BrN4. The first-order valence-electron chi connectivity index (χ1n) is 4.23. The Morgan fingerprint density at radius 2 is 2.21 bits per heavy atom. The molecule has 0 aromatic carbocycles. The lowest BCUT2D eigenvalue weighted by atomic mass is 10.3. The second kappa shape index (κ2) is 4.32. The Morgan fingerprint density at radius 1 is 1.29 bits per heavy atom. The third kappa shape index (κ3) is 2.17. The molecule has 14 heavy (non-hydrogen) atoms. The molecule has 0 aliphatic carbocycles. The van der Waals surface area contributed by atoms with E-state index in [1.807, 2.05) is 24.4 Å². The van der Waals surface area contributed by atoms with Crippen LogP contribution in [0.2, 0.25) is 0 Å². The van der Waals surface area contributed by atoms with Gasteiger partial charge in [0.2, 0.25) is 0 Å². The molecule has 2 rings (SSSR count). The van der Waals surface area contributed by atoms with Crippen LogP contribution >= 0.6 is 15.9 Å². The number of nitrogens with zero attached hydrogens (tertiary/aromatic N) is 4. The van der Waals surface area contributed by atoms with E-state index in [1.54, 1.807) is 10.9 Å². The van der Waals surface area contributed by atoms with Crippen molar-refractivity contribution in [2.75, 3.05) is 0 Å². The third-order valence-electron chi connectivity index (χ3n) is 1.77. The van der Waals surface area contributed by atoms with Crippen molar-refractivity contribution in [3.63, 3.8) is 0 Å². The fourth-order valence-electron chi connectivity index (χ4n) is 1.13. The maximum absolute atomic E-state index is 4.21. The fourth-order valence-corrected chi connectivity index (χ4v) is 1.39. The van der Waals surface area contributed by atoms with E-state index in [9.17, 15) is 0 Å². The van der Waals surface area contributed by atoms with Crippen molar-refractivity contribution < 1.29 is 0 Å². The lowest BCUT2D eigenvalue weighted by molar-refractivity contribution is 0.638. The van der Waals surface area contributed by atoms with Gasteiger partial charge in [0.05, 0.1) is 17.9 Å². The van der Waals surface area contributed by atoms with Gasteiger partial charge in [-0.3, -0.25) is 4.98 Å². The zero-order valence-electron chi connectivity index (χ0n) is 7.47. The van der Waals surface area contributed by atoms with E-state index in [0.717, 1.165) is 16.7 Å². The zero-order valence-corrected chi connectivity index (χ0v) is 9.05. The number of alkyl halides is 1. The maximum atomic E-state index is 4.21. The first-order chi connectivity index (χ1) is 6.88. The van der Waals surface area contributed by atoms with E-state index in [-0.39, 0.29) is 0 Å². The van der Waals surface area contributed by atoms with Crippen LogP contribution in [-0.4, -0.2) is 20.0 Å². The summed E-state index contributed by atoms with van der Waals surface area (Å²) in [6.07, 6.45) is 3.68. The largest absolute Gasteiger partial charge is 0.259 e. The number of aromatic nitrogens is 4. The summed E-state index contributed by atoms with van der Waals surface area (Å²) in [5.41, 5.74) is 1.92. The number of rotatable bonds is 3. The van der Waals surface area contributed by atoms with Crippen LogP contribution in [0.3, 0.4) is 0 Å². The topological polar surface area (TPSA) is 43.6 Å². The van der Waals surface area contributed by atoms with Gasteiger partial charge in [-0.15, -0.1) is 5.10 Å². The summed E-state index contributed by atoms with van der Waals surface area (Å²) in [7, 11) is 0. The molecule has 0 unspecified atom stereocenters. The molecule has 0 amide bonds. The molecule has 0 aliphatic heterocycles. The summed E-state index contributed by atoms with van der Waals surface area (Å²) in [5, 5.41) is 8.68. The summed E-state index contributed by atoms with van der Waals surface area (Å²) in [6.45, 7) is 0.668. The highest BCUT2D eigenvalue weighted by Gasteiger charge is 1.99. The maximum Gasteiger partial charge on any atom is 0.0932 e. The molecule has 0 saturated carbocycles. The van der Waals surface area contributed by atoms with Crippen LogP contribution in [0.5, 0.6) is 0 Å². The molecule has 2 heterocycles. The van der Waals surface area contributed by atoms with Crippen molar-refractivity contribution in [2.24, 2.45) is 0 Å². The third-order valence-corrected chi connectivity index (χ3v) is 2.35. The van der Waals surface area contributed by atoms with Gasteiger partial charge in [0, 0.05) is 17.7 Å². The van der Waals surface area contributed by atoms with Gasteiger partial charge in [-0.2, -0.15) is 0 Å². The van der Waals surface area contributed by atoms with E-state index >= 15 is 0 Å². The van der Waals surface area contributed by atoms with E-state index in [2.05, 4.69) is 31.2 Å². The van der Waals surface area contributed by atoms with Crippen LogP contribution < -0.4 is 0 Å². The first kappa shape index (κ1) is 9.33. The Labute approximate surface area is 90.1 Å². The highest BCUT2D eigenvalue weighted by molar-refractivity contribution is 9.08. The zero-order chi connectivity index (χ0) is 9.80. The SMILES string of the molecule is BrCc1cn(Cc2ccccn2)nn1. The lowest BCUT2D eigenvalue weighted by Crippen LogP contribution is -2.01. The standard InChI is InChI=1S/C9H9BrN4/c10-5-9-7-14(13-12-9)6-8-3-1-2-4-11-8/h1-4,7H,5-6H2. The molecule has 0 spiro atoms. The molecule has 0 radical (unpaired) electrons. The minimum absolute atomic E-state index is 0.668. The van der Waals surface area contributed by atoms with Crippen LogP contribution in [0.15, 0.2) is 30.6 Å². The second-order valence-corrected chi connectivity index (χ2v) is 3.42. The normalized spacial score (nSPS) is 10.4. The Bertz CT molecular complexity index is 398. The number of hydrogen-bond donors (Lipinski definition) is 0. The molecule has 2 aromatic rings. The Balaban J connectivity index is 2.11. The van der Waals surface area contributed by atoms with Crippen LogP contribution in [0.1, 0.15) is 11.4 Å². The molecule has 0 fully saturated rings. The highest BCUT2D eigenvalue weighted by atomic mass is 79.9. The average molecular weight is 253 g/mol. The average Bonchev–Trinajstić information content (AvgIpc) is 2.67. The quantitative estimate of drug-likeness (QED) is 0.780. The number of hydrogen-bond acceptors (Lipinski definition) is 3. The minimum Gasteiger partial charge on any atom is -0.259 e. The molecule has 5 heteroatoms. The summed E-state index contributed by atoms with van der Waals surface area (Å²) >= 11 is 3.32. The van der Waals surface area contributed by atoms with E-state index in [1.165, 1.54) is 0 Å². The monoisotopic (exact) mass is 252 g/mol. The van der Waals surface area contributed by atoms with E-state index < -0.39 is 0 Å². The second-order valence-electron chi connectivity index (χ2n) is 2.86. The summed E-state index contributed by atoms with van der Waals surface area (Å²) in [4.78, 5) is 4.21. The summed E-state index contributed by atoms with van der Waals surface area (Å²) in [5.74, 6) is 0. The van der Waals surface area contributed by atoms with E-state index in [4.69, 9.17) is 0 Å². The van der Waals surface area contributed by atoms with Crippen LogP contribution in [0.4, 0.5) is 0 Å². The smallest absolute Gasteiger partial charge is 0.0932 e. The van der Waals surface area contributed by atoms with Crippen molar-refractivity contribution in [2.45, 2.75) is 11.9 Å². The Morgan fingerprint density at radius 3 is 2.86 bits per heavy atom. The first-order valence-corrected chi connectivity index (χ1v) is 5.35. The number of pyridine rings is 1. The molecule has 0 atom stereocenters. The van der Waals surface area contributed by atoms with Crippen molar-refractivity contribution in [3.8, 4) is 0 Å². The van der Waals surface area contributed by atoms with Crippen molar-refractivity contribution in [1.82, 2.24) is 20.0 Å². The van der Waals surface area contributed by atoms with Gasteiger partial charge < -0.3 is 0 Å². The molecule has 2 aromatic heterocycles. The minimum atomic E-state index is 0.668. The molecular weight excluding hydrogens is 244 g/mol. The molecule has 0 bridgehead atoms. The van der Waals surface area contributed by atoms with Gasteiger partial charge in [-0.1, -0.05) is 27.2 Å². The summed E-state index contributed by atoms with van der Waals surface area (Å²) < 4.78 is 1.78. The van der Waals surface area contributed by atoms with Gasteiger partial charge in [0.1, 0.15) is 0 Å². The summed E-state index contributed by atoms with van der Waals surface area (Å²) in [6, 6.07) is 5.83. The van der Waals surface area contributed by atoms with Crippen molar-refractivity contribution >= 4 is 15.9 Å². The molecule has 0 N–H and O–H groups in total. The van der Waals surface area contributed by atoms with E-state index in [0.29, 0.717) is 6.54 Å². The number of halogens is 1. The fraction of sp³-hybridized carbons (Fsp3) is 0.222. The van der Waals surface area contributed by atoms with Crippen molar-refractivity contribution in [1.29, 1.82) is 0 Å². The predicted octanol–water partition coefficient (Wildman–Crippen LogP) is 1.62. The van der Waals surface area contributed by atoms with Gasteiger partial charge in [-0.05, 0) is 12.1 Å². The highest BCUT2D eigenvalue weighted by Crippen LogP contribution is 2.01. The Kier molecular flexibility index (Phi) is 2.88. The van der Waals surface area contributed by atoms with Crippen LogP contribution in [0, 0.1) is 0 Å². The molecule has 0 aliphatic rings. The van der Waals surface area contributed by atoms with Gasteiger partial charge in [-0.25, -0.2) is 4.68 Å². The van der Waals surface area contributed by atoms with Crippen molar-refractivity contribution in [3.05, 3.63) is 42.0 Å². The molecule has 0 saturated heterocycles. The predicted molar refractivity (Wildman–Crippen MR) is 56.0 cm³/mol. The van der Waals surface area contributed by atoms with Gasteiger partial charge >= 0.3 is 0 Å². The lowest BCUT2D eigenvalue weighted by Gasteiger charge is -1.97.